The molecule has 0 saturated heterocycles. The Kier molecular flexibility index (Phi) is 8.10. The van der Waals surface area contributed by atoms with Gasteiger partial charge in [-0.25, -0.2) is 0 Å². The summed E-state index contributed by atoms with van der Waals surface area (Å²) < 4.78 is 7.05. The number of thioether (sulfide) groups is 2. The molecule has 1 aromatic carbocycles. The number of unbranched alkanes of at least 4 members (excludes halogenated alkanes) is 2. The molecule has 0 aliphatic heterocycles. The van der Waals surface area contributed by atoms with Crippen LogP contribution in [0.25, 0.3) is 0 Å². The molecule has 0 amide bonds. The number of hydrogen-bond donors (Lipinski definition) is 0. The van der Waals surface area contributed by atoms with Gasteiger partial charge in [-0.2, -0.15) is 0 Å². The molecule has 0 spiro atoms. The predicted molar refractivity (Wildman–Crippen MR) is 80.9 cm³/mol. The summed E-state index contributed by atoms with van der Waals surface area (Å²) in [5.41, 5.74) is 0. The lowest BCUT2D eigenvalue weighted by atomic mass is 10.2. The number of hydrogen-bond acceptors (Lipinski definition) is 3. The average molecular weight is 268 g/mol. The second kappa shape index (κ2) is 9.49. The fraction of sp³-hybridized carbons (Fsp3) is 0.429. The Labute approximate surface area is 113 Å². The highest BCUT2D eigenvalue weighted by Gasteiger charge is 1.93. The van der Waals surface area contributed by atoms with Crippen LogP contribution in [0.2, 0.25) is 0 Å². The standard InChI is InChI=1S/C14H20OS2/c1-16-14(17-2)11-7-4-8-12-15-13-9-5-3-6-10-13/h3,5-6,9-11H,4,7-8,12H2,1-2H3. The molecule has 0 aliphatic carbocycles. The Morgan fingerprint density at radius 3 is 2.47 bits per heavy atom. The van der Waals surface area contributed by atoms with E-state index in [1.165, 1.54) is 10.7 Å². The molecule has 0 bridgehead atoms. The molecule has 0 fully saturated rings. The first-order valence-electron chi connectivity index (χ1n) is 5.83. The van der Waals surface area contributed by atoms with Crippen LogP contribution in [0.1, 0.15) is 19.3 Å². The summed E-state index contributed by atoms with van der Waals surface area (Å²) in [6.07, 6.45) is 10.0. The van der Waals surface area contributed by atoms with Crippen LogP contribution < -0.4 is 4.74 Å². The Morgan fingerprint density at radius 1 is 1.12 bits per heavy atom. The zero-order chi connectivity index (χ0) is 12.3. The van der Waals surface area contributed by atoms with Gasteiger partial charge in [-0.05, 0) is 43.9 Å². The van der Waals surface area contributed by atoms with Crippen LogP contribution in [0, 0.1) is 0 Å². The Hall–Kier alpha value is -0.540. The lowest BCUT2D eigenvalue weighted by molar-refractivity contribution is 0.307. The van der Waals surface area contributed by atoms with Crippen molar-refractivity contribution in [3.8, 4) is 5.75 Å². The third-order valence-electron chi connectivity index (χ3n) is 2.32. The van der Waals surface area contributed by atoms with Crippen LogP contribution in [0.3, 0.4) is 0 Å². The summed E-state index contributed by atoms with van der Waals surface area (Å²) in [5, 5.41) is 0. The van der Waals surface area contributed by atoms with Crippen LogP contribution in [-0.4, -0.2) is 19.1 Å². The van der Waals surface area contributed by atoms with Gasteiger partial charge in [0.1, 0.15) is 5.75 Å². The first-order chi connectivity index (χ1) is 8.36. The largest absolute Gasteiger partial charge is 0.494 e. The fourth-order valence-electron chi connectivity index (χ4n) is 1.42. The van der Waals surface area contributed by atoms with E-state index < -0.39 is 0 Å². The summed E-state index contributed by atoms with van der Waals surface area (Å²) >= 11 is 3.65. The van der Waals surface area contributed by atoms with E-state index in [9.17, 15) is 0 Å². The van der Waals surface area contributed by atoms with Crippen molar-refractivity contribution in [2.24, 2.45) is 0 Å². The average Bonchev–Trinajstić information content (AvgIpc) is 2.39. The van der Waals surface area contributed by atoms with Crippen molar-refractivity contribution in [3.63, 3.8) is 0 Å². The summed E-state index contributed by atoms with van der Waals surface area (Å²) in [6.45, 7) is 0.811. The van der Waals surface area contributed by atoms with Crippen LogP contribution >= 0.6 is 23.5 Å². The van der Waals surface area contributed by atoms with E-state index >= 15 is 0 Å². The van der Waals surface area contributed by atoms with E-state index in [1.54, 1.807) is 0 Å². The second-order valence-corrected chi connectivity index (χ2v) is 5.54. The third-order valence-corrected chi connectivity index (χ3v) is 4.46. The molecule has 17 heavy (non-hydrogen) atoms. The van der Waals surface area contributed by atoms with Crippen molar-refractivity contribution in [2.75, 3.05) is 19.1 Å². The maximum Gasteiger partial charge on any atom is 0.119 e. The van der Waals surface area contributed by atoms with E-state index in [1.807, 2.05) is 53.9 Å². The summed E-state index contributed by atoms with van der Waals surface area (Å²) in [6, 6.07) is 10.0. The predicted octanol–water partition coefficient (Wildman–Crippen LogP) is 4.80. The number of rotatable bonds is 8. The topological polar surface area (TPSA) is 9.23 Å². The van der Waals surface area contributed by atoms with Crippen molar-refractivity contribution in [3.05, 3.63) is 40.6 Å². The van der Waals surface area contributed by atoms with Gasteiger partial charge in [-0.15, -0.1) is 23.5 Å². The monoisotopic (exact) mass is 268 g/mol. The molecule has 0 heterocycles. The molecule has 0 N–H and O–H groups in total. The normalized spacial score (nSPS) is 10.0. The van der Waals surface area contributed by atoms with Gasteiger partial charge >= 0.3 is 0 Å². The number of allylic oxidation sites excluding steroid dienone is 1. The molecule has 0 saturated carbocycles. The lowest BCUT2D eigenvalue weighted by Gasteiger charge is -2.05. The maximum absolute atomic E-state index is 5.63. The zero-order valence-electron chi connectivity index (χ0n) is 10.5. The molecule has 0 aromatic heterocycles. The van der Waals surface area contributed by atoms with E-state index in [0.29, 0.717) is 0 Å². The number of para-hydroxylation sites is 1. The molecule has 94 valence electrons. The first kappa shape index (κ1) is 14.5. The zero-order valence-corrected chi connectivity index (χ0v) is 12.2. The van der Waals surface area contributed by atoms with Crippen LogP contribution in [-0.2, 0) is 0 Å². The minimum atomic E-state index is 0.811. The van der Waals surface area contributed by atoms with Gasteiger partial charge in [0.15, 0.2) is 0 Å². The second-order valence-electron chi connectivity index (χ2n) is 3.59. The Morgan fingerprint density at radius 2 is 1.82 bits per heavy atom. The van der Waals surface area contributed by atoms with E-state index in [0.717, 1.165) is 25.2 Å². The quantitative estimate of drug-likeness (QED) is 0.627. The van der Waals surface area contributed by atoms with Gasteiger partial charge in [0.25, 0.3) is 0 Å². The summed E-state index contributed by atoms with van der Waals surface area (Å²) in [5.74, 6) is 0.969. The van der Waals surface area contributed by atoms with E-state index in [2.05, 4.69) is 18.6 Å². The van der Waals surface area contributed by atoms with Gasteiger partial charge in [0.2, 0.25) is 0 Å². The molecule has 1 nitrogen and oxygen atoms in total. The highest BCUT2D eigenvalue weighted by Crippen LogP contribution is 2.24. The van der Waals surface area contributed by atoms with Gasteiger partial charge in [0, 0.05) is 4.24 Å². The highest BCUT2D eigenvalue weighted by molar-refractivity contribution is 8.21. The molecule has 3 heteroatoms. The number of benzene rings is 1. The maximum atomic E-state index is 5.63. The number of ether oxygens (including phenoxy) is 1. The fourth-order valence-corrected chi connectivity index (χ4v) is 2.66. The molecule has 0 atom stereocenters. The highest BCUT2D eigenvalue weighted by atomic mass is 32.2. The molecular formula is C14H20OS2. The lowest BCUT2D eigenvalue weighted by Crippen LogP contribution is -1.96. The Bertz CT molecular complexity index is 316. The molecular weight excluding hydrogens is 248 g/mol. The van der Waals surface area contributed by atoms with Crippen LogP contribution in [0.4, 0.5) is 0 Å². The van der Waals surface area contributed by atoms with Crippen molar-refractivity contribution < 1.29 is 4.74 Å². The van der Waals surface area contributed by atoms with Crippen molar-refractivity contribution >= 4 is 23.5 Å². The molecule has 1 aromatic rings. The summed E-state index contributed by atoms with van der Waals surface area (Å²) in [4.78, 5) is 0. The van der Waals surface area contributed by atoms with E-state index in [-0.39, 0.29) is 0 Å². The smallest absolute Gasteiger partial charge is 0.119 e. The van der Waals surface area contributed by atoms with Crippen LogP contribution in [0.5, 0.6) is 5.75 Å². The van der Waals surface area contributed by atoms with Gasteiger partial charge < -0.3 is 4.74 Å². The van der Waals surface area contributed by atoms with Crippen molar-refractivity contribution in [1.82, 2.24) is 0 Å². The van der Waals surface area contributed by atoms with E-state index in [4.69, 9.17) is 4.74 Å². The Balaban J connectivity index is 2.07. The molecule has 0 aliphatic rings. The van der Waals surface area contributed by atoms with Gasteiger partial charge in [-0.1, -0.05) is 24.3 Å². The van der Waals surface area contributed by atoms with Gasteiger partial charge in [-0.3, -0.25) is 0 Å². The van der Waals surface area contributed by atoms with Gasteiger partial charge in [0.05, 0.1) is 6.61 Å². The minimum absolute atomic E-state index is 0.811. The molecule has 0 unspecified atom stereocenters. The summed E-state index contributed by atoms with van der Waals surface area (Å²) in [7, 11) is 0. The van der Waals surface area contributed by atoms with Crippen molar-refractivity contribution in [2.45, 2.75) is 19.3 Å². The third kappa shape index (κ3) is 6.69. The first-order valence-corrected chi connectivity index (χ1v) is 8.27. The SMILES string of the molecule is CSC(=CCCCCOc1ccccc1)SC. The molecule has 1 rings (SSSR count). The van der Waals surface area contributed by atoms with Crippen molar-refractivity contribution in [1.29, 1.82) is 0 Å². The molecule has 0 radical (unpaired) electrons. The minimum Gasteiger partial charge on any atom is -0.494 e. The van der Waals surface area contributed by atoms with Crippen LogP contribution in [0.15, 0.2) is 40.6 Å².